The van der Waals surface area contributed by atoms with Gasteiger partial charge in [-0.2, -0.15) is 0 Å². The van der Waals surface area contributed by atoms with Crippen LogP contribution in [0.4, 0.5) is 0 Å². The summed E-state index contributed by atoms with van der Waals surface area (Å²) in [4.78, 5) is 25.5. The van der Waals surface area contributed by atoms with Gasteiger partial charge < -0.3 is 19.1 Å². The highest BCUT2D eigenvalue weighted by Crippen LogP contribution is 2.25. The van der Waals surface area contributed by atoms with Gasteiger partial charge in [-0.25, -0.2) is 0 Å². The largest absolute Gasteiger partial charge is 0.484 e. The van der Waals surface area contributed by atoms with Crippen LogP contribution >= 0.6 is 0 Å². The van der Waals surface area contributed by atoms with Crippen molar-refractivity contribution >= 4 is 11.7 Å². The van der Waals surface area contributed by atoms with Crippen LogP contribution in [-0.4, -0.2) is 55.8 Å². The molecule has 3 rings (SSSR count). The second kappa shape index (κ2) is 7.77. The lowest BCUT2D eigenvalue weighted by Gasteiger charge is -2.33. The first-order chi connectivity index (χ1) is 11.6. The zero-order valence-electron chi connectivity index (χ0n) is 13.9. The van der Waals surface area contributed by atoms with Gasteiger partial charge >= 0.3 is 0 Å². The van der Waals surface area contributed by atoms with Gasteiger partial charge in [-0.15, -0.1) is 0 Å². The second-order valence-electron chi connectivity index (χ2n) is 6.20. The number of hydrogen-bond donors (Lipinski definition) is 0. The number of ketones is 1. The van der Waals surface area contributed by atoms with E-state index in [0.717, 1.165) is 12.8 Å². The number of ether oxygens (including phenoxy) is 3. The van der Waals surface area contributed by atoms with Crippen LogP contribution in [0.15, 0.2) is 24.3 Å². The Bertz CT molecular complexity index is 589. The van der Waals surface area contributed by atoms with E-state index in [1.807, 2.05) is 4.90 Å². The third kappa shape index (κ3) is 4.13. The summed E-state index contributed by atoms with van der Waals surface area (Å²) in [5.41, 5.74) is 0.581. The number of carbonyl (C=O) groups excluding carboxylic acids is 2. The Morgan fingerprint density at radius 3 is 2.58 bits per heavy atom. The molecule has 0 unspecified atom stereocenters. The van der Waals surface area contributed by atoms with Crippen LogP contribution in [0.1, 0.15) is 30.1 Å². The predicted octanol–water partition coefficient (Wildman–Crippen LogP) is 1.88. The minimum absolute atomic E-state index is 0.0115. The van der Waals surface area contributed by atoms with Crippen molar-refractivity contribution in [2.24, 2.45) is 5.92 Å². The maximum atomic E-state index is 12.3. The molecule has 0 bridgehead atoms. The van der Waals surface area contributed by atoms with Crippen LogP contribution in [-0.2, 0) is 14.3 Å². The van der Waals surface area contributed by atoms with Gasteiger partial charge in [0, 0.05) is 24.6 Å². The first-order valence-corrected chi connectivity index (χ1v) is 8.38. The quantitative estimate of drug-likeness (QED) is 0.770. The Labute approximate surface area is 141 Å². The van der Waals surface area contributed by atoms with Crippen LogP contribution in [0.5, 0.6) is 5.75 Å². The minimum Gasteiger partial charge on any atom is -0.484 e. The van der Waals surface area contributed by atoms with Crippen molar-refractivity contribution in [3.05, 3.63) is 29.8 Å². The number of piperidine rings is 1. The standard InChI is InChI=1S/C18H23NO5/c1-13(20)15-3-2-4-16(11-15)24-12-17(21)19-7-5-14(6-8-19)18-22-9-10-23-18/h2-4,11,14,18H,5-10,12H2,1H3. The third-order valence-electron chi connectivity index (χ3n) is 4.53. The lowest BCUT2D eigenvalue weighted by Crippen LogP contribution is -2.43. The second-order valence-corrected chi connectivity index (χ2v) is 6.20. The van der Waals surface area contributed by atoms with Crippen molar-refractivity contribution in [1.82, 2.24) is 4.90 Å². The summed E-state index contributed by atoms with van der Waals surface area (Å²) in [7, 11) is 0. The molecule has 1 aromatic carbocycles. The average molecular weight is 333 g/mol. The Kier molecular flexibility index (Phi) is 5.48. The minimum atomic E-state index is -0.104. The molecule has 2 aliphatic rings. The Morgan fingerprint density at radius 2 is 1.92 bits per heavy atom. The van der Waals surface area contributed by atoms with E-state index in [1.165, 1.54) is 6.92 Å². The van der Waals surface area contributed by atoms with Crippen molar-refractivity contribution in [2.75, 3.05) is 32.9 Å². The zero-order chi connectivity index (χ0) is 16.9. The number of likely N-dealkylation sites (tertiary alicyclic amines) is 1. The van der Waals surface area contributed by atoms with Crippen molar-refractivity contribution in [1.29, 1.82) is 0 Å². The topological polar surface area (TPSA) is 65.1 Å². The van der Waals surface area contributed by atoms with Gasteiger partial charge in [0.2, 0.25) is 0 Å². The molecule has 2 aliphatic heterocycles. The molecule has 0 radical (unpaired) electrons. The number of amides is 1. The van der Waals surface area contributed by atoms with E-state index in [-0.39, 0.29) is 24.6 Å². The molecule has 6 heteroatoms. The molecule has 6 nitrogen and oxygen atoms in total. The number of benzene rings is 1. The normalized spacial score (nSPS) is 19.5. The molecule has 130 valence electrons. The van der Waals surface area contributed by atoms with E-state index >= 15 is 0 Å². The summed E-state index contributed by atoms with van der Waals surface area (Å²) in [6, 6.07) is 6.90. The van der Waals surface area contributed by atoms with Crippen LogP contribution in [0, 0.1) is 5.92 Å². The molecule has 0 saturated carbocycles. The first kappa shape index (κ1) is 16.9. The molecule has 2 heterocycles. The molecule has 1 amide bonds. The summed E-state index contributed by atoms with van der Waals surface area (Å²) in [5.74, 6) is 0.851. The highest BCUT2D eigenvalue weighted by Gasteiger charge is 2.31. The van der Waals surface area contributed by atoms with Gasteiger partial charge in [-0.3, -0.25) is 9.59 Å². The maximum absolute atomic E-state index is 12.3. The average Bonchev–Trinajstić information content (AvgIpc) is 3.14. The lowest BCUT2D eigenvalue weighted by molar-refractivity contribution is -0.138. The molecule has 24 heavy (non-hydrogen) atoms. The van der Waals surface area contributed by atoms with Gasteiger partial charge in [0.15, 0.2) is 18.7 Å². The van der Waals surface area contributed by atoms with Gasteiger partial charge in [0.05, 0.1) is 13.2 Å². The van der Waals surface area contributed by atoms with Crippen molar-refractivity contribution in [2.45, 2.75) is 26.1 Å². The van der Waals surface area contributed by atoms with Crippen LogP contribution in [0.2, 0.25) is 0 Å². The fraction of sp³-hybridized carbons (Fsp3) is 0.556. The first-order valence-electron chi connectivity index (χ1n) is 8.38. The summed E-state index contributed by atoms with van der Waals surface area (Å²) < 4.78 is 16.6. The summed E-state index contributed by atoms with van der Waals surface area (Å²) in [5, 5.41) is 0. The number of nitrogens with zero attached hydrogens (tertiary/aromatic N) is 1. The molecule has 0 aromatic heterocycles. The fourth-order valence-electron chi connectivity index (χ4n) is 3.11. The van der Waals surface area contributed by atoms with E-state index in [1.54, 1.807) is 24.3 Å². The van der Waals surface area contributed by atoms with Crippen LogP contribution in [0.25, 0.3) is 0 Å². The Hall–Kier alpha value is -1.92. The monoisotopic (exact) mass is 333 g/mol. The molecule has 1 aromatic rings. The molecule has 2 saturated heterocycles. The lowest BCUT2D eigenvalue weighted by atomic mass is 9.96. The van der Waals surface area contributed by atoms with Gasteiger partial charge in [0.25, 0.3) is 5.91 Å². The smallest absolute Gasteiger partial charge is 0.260 e. The Balaban J connectivity index is 1.46. The van der Waals surface area contributed by atoms with Gasteiger partial charge in [-0.05, 0) is 31.9 Å². The Morgan fingerprint density at radius 1 is 1.21 bits per heavy atom. The highest BCUT2D eigenvalue weighted by molar-refractivity contribution is 5.94. The molecular formula is C18H23NO5. The van der Waals surface area contributed by atoms with Crippen molar-refractivity contribution in [3.63, 3.8) is 0 Å². The van der Waals surface area contributed by atoms with E-state index in [9.17, 15) is 9.59 Å². The van der Waals surface area contributed by atoms with E-state index in [4.69, 9.17) is 14.2 Å². The van der Waals surface area contributed by atoms with Gasteiger partial charge in [0.1, 0.15) is 5.75 Å². The van der Waals surface area contributed by atoms with E-state index in [2.05, 4.69) is 0 Å². The predicted molar refractivity (Wildman–Crippen MR) is 86.9 cm³/mol. The number of rotatable bonds is 5. The number of Topliss-reactive ketones (excluding diaryl/α,β-unsaturated/α-hetero) is 1. The molecule has 2 fully saturated rings. The molecule has 0 atom stereocenters. The summed E-state index contributed by atoms with van der Waals surface area (Å²) >= 11 is 0. The van der Waals surface area contributed by atoms with Crippen molar-refractivity contribution in [3.8, 4) is 5.75 Å². The summed E-state index contributed by atoms with van der Waals surface area (Å²) in [6.07, 6.45) is 1.67. The number of carbonyl (C=O) groups is 2. The van der Waals surface area contributed by atoms with Crippen LogP contribution in [0.3, 0.4) is 0 Å². The zero-order valence-corrected chi connectivity index (χ0v) is 13.9. The fourth-order valence-corrected chi connectivity index (χ4v) is 3.11. The van der Waals surface area contributed by atoms with E-state index < -0.39 is 0 Å². The van der Waals surface area contributed by atoms with E-state index in [0.29, 0.717) is 43.5 Å². The third-order valence-corrected chi connectivity index (χ3v) is 4.53. The number of hydrogen-bond acceptors (Lipinski definition) is 5. The molecular weight excluding hydrogens is 310 g/mol. The maximum Gasteiger partial charge on any atom is 0.260 e. The highest BCUT2D eigenvalue weighted by atomic mass is 16.7. The van der Waals surface area contributed by atoms with Crippen molar-refractivity contribution < 1.29 is 23.8 Å². The molecule has 0 N–H and O–H groups in total. The SMILES string of the molecule is CC(=O)c1cccc(OCC(=O)N2CCC(C3OCCO3)CC2)c1. The molecule has 0 aliphatic carbocycles. The van der Waals surface area contributed by atoms with Gasteiger partial charge in [-0.1, -0.05) is 12.1 Å². The summed E-state index contributed by atoms with van der Waals surface area (Å²) in [6.45, 7) is 4.22. The van der Waals surface area contributed by atoms with Crippen LogP contribution < -0.4 is 4.74 Å². The molecule has 0 spiro atoms.